The Morgan fingerprint density at radius 3 is 2.58 bits per heavy atom. The second-order valence-corrected chi connectivity index (χ2v) is 5.49. The van der Waals surface area contributed by atoms with Gasteiger partial charge in [-0.3, -0.25) is 14.9 Å². The van der Waals surface area contributed by atoms with Gasteiger partial charge in [0.15, 0.2) is 0 Å². The molecule has 134 valence electrons. The molecular weight excluding hydrogens is 339 g/mol. The van der Waals surface area contributed by atoms with Gasteiger partial charge in [-0.05, 0) is 30.7 Å². The number of halogens is 1. The van der Waals surface area contributed by atoms with Crippen molar-refractivity contribution in [2.24, 2.45) is 0 Å². The number of nitro groups is 1. The van der Waals surface area contributed by atoms with Crippen LogP contribution in [0.1, 0.15) is 18.1 Å². The fraction of sp³-hybridized carbons (Fsp3) is 0.222. The van der Waals surface area contributed by atoms with Crippen molar-refractivity contribution < 1.29 is 14.1 Å². The summed E-state index contributed by atoms with van der Waals surface area (Å²) in [7, 11) is 0. The molecule has 0 atom stereocenters. The van der Waals surface area contributed by atoms with Gasteiger partial charge in [-0.15, -0.1) is 0 Å². The summed E-state index contributed by atoms with van der Waals surface area (Å²) in [5, 5.41) is 22.8. The Balaban J connectivity index is 2.06. The summed E-state index contributed by atoms with van der Waals surface area (Å²) in [4.78, 5) is 24.1. The molecule has 0 aromatic heterocycles. The van der Waals surface area contributed by atoms with E-state index in [1.807, 2.05) is 13.0 Å². The smallest absolute Gasteiger partial charge is 0.270 e. The third-order valence-corrected chi connectivity index (χ3v) is 3.77. The molecule has 0 saturated heterocycles. The Morgan fingerprint density at radius 1 is 1.31 bits per heavy atom. The number of rotatable bonds is 7. The van der Waals surface area contributed by atoms with E-state index in [1.165, 1.54) is 30.3 Å². The topological polar surface area (TPSA) is 99.3 Å². The SMILES string of the molecule is CCN(CC(=O)NCc1ccc(F)cc1)c1ccc([N+](=O)[O-])cc1C#N. The van der Waals surface area contributed by atoms with E-state index in [0.717, 1.165) is 5.56 Å². The second-order valence-electron chi connectivity index (χ2n) is 5.49. The number of benzene rings is 2. The van der Waals surface area contributed by atoms with E-state index in [9.17, 15) is 24.6 Å². The number of nitriles is 1. The van der Waals surface area contributed by atoms with E-state index in [0.29, 0.717) is 12.2 Å². The van der Waals surface area contributed by atoms with Crippen molar-refractivity contribution in [2.45, 2.75) is 13.5 Å². The first kappa shape index (κ1) is 18.9. The van der Waals surface area contributed by atoms with Gasteiger partial charge in [0.05, 0.1) is 22.7 Å². The van der Waals surface area contributed by atoms with E-state index in [1.54, 1.807) is 17.0 Å². The molecule has 1 amide bonds. The van der Waals surface area contributed by atoms with Gasteiger partial charge in [0, 0.05) is 25.2 Å². The lowest BCUT2D eigenvalue weighted by atomic mass is 10.1. The van der Waals surface area contributed by atoms with Crippen LogP contribution in [0, 0.1) is 27.3 Å². The summed E-state index contributed by atoms with van der Waals surface area (Å²) < 4.78 is 12.9. The summed E-state index contributed by atoms with van der Waals surface area (Å²) in [6.45, 7) is 2.50. The van der Waals surface area contributed by atoms with Crippen LogP contribution in [0.3, 0.4) is 0 Å². The van der Waals surface area contributed by atoms with E-state index >= 15 is 0 Å². The zero-order valence-corrected chi connectivity index (χ0v) is 14.1. The van der Waals surface area contributed by atoms with Gasteiger partial charge >= 0.3 is 0 Å². The molecule has 2 aromatic carbocycles. The maximum atomic E-state index is 12.9. The highest BCUT2D eigenvalue weighted by Crippen LogP contribution is 2.24. The summed E-state index contributed by atoms with van der Waals surface area (Å²) in [6.07, 6.45) is 0. The molecule has 8 heteroatoms. The third kappa shape index (κ3) is 4.77. The number of nitro benzene ring substituents is 1. The average molecular weight is 356 g/mol. The monoisotopic (exact) mass is 356 g/mol. The van der Waals surface area contributed by atoms with Gasteiger partial charge in [-0.2, -0.15) is 5.26 Å². The van der Waals surface area contributed by atoms with Crippen molar-refractivity contribution in [2.75, 3.05) is 18.0 Å². The molecule has 0 radical (unpaired) electrons. The van der Waals surface area contributed by atoms with Gasteiger partial charge in [0.2, 0.25) is 5.91 Å². The lowest BCUT2D eigenvalue weighted by Crippen LogP contribution is -2.37. The van der Waals surface area contributed by atoms with Crippen molar-refractivity contribution in [3.8, 4) is 6.07 Å². The average Bonchev–Trinajstić information content (AvgIpc) is 2.65. The molecule has 7 nitrogen and oxygen atoms in total. The first-order valence-corrected chi connectivity index (χ1v) is 7.89. The molecule has 0 unspecified atom stereocenters. The minimum absolute atomic E-state index is 0.00974. The lowest BCUT2D eigenvalue weighted by molar-refractivity contribution is -0.384. The predicted octanol–water partition coefficient (Wildman–Crippen LogP) is 2.75. The Kier molecular flexibility index (Phi) is 6.22. The molecule has 0 saturated carbocycles. The van der Waals surface area contributed by atoms with Crippen molar-refractivity contribution in [3.63, 3.8) is 0 Å². The summed E-state index contributed by atoms with van der Waals surface area (Å²) in [5.41, 5.74) is 1.17. The molecule has 1 N–H and O–H groups in total. The number of carbonyl (C=O) groups is 1. The molecule has 2 rings (SSSR count). The molecule has 0 aliphatic carbocycles. The number of hydrogen-bond acceptors (Lipinski definition) is 5. The highest BCUT2D eigenvalue weighted by molar-refractivity contribution is 5.82. The van der Waals surface area contributed by atoms with Gasteiger partial charge in [0.25, 0.3) is 5.69 Å². The van der Waals surface area contributed by atoms with Crippen LogP contribution in [-0.4, -0.2) is 23.9 Å². The first-order valence-electron chi connectivity index (χ1n) is 7.89. The summed E-state index contributed by atoms with van der Waals surface area (Å²) in [6, 6.07) is 11.7. The Labute approximate surface area is 149 Å². The van der Waals surface area contributed by atoms with Gasteiger partial charge in [-0.1, -0.05) is 12.1 Å². The van der Waals surface area contributed by atoms with Gasteiger partial charge in [-0.25, -0.2) is 4.39 Å². The second kappa shape index (κ2) is 8.58. The molecule has 26 heavy (non-hydrogen) atoms. The number of nitrogens with one attached hydrogen (secondary N) is 1. The fourth-order valence-electron chi connectivity index (χ4n) is 2.40. The Morgan fingerprint density at radius 2 is 2.00 bits per heavy atom. The molecule has 0 heterocycles. The molecule has 2 aromatic rings. The van der Waals surface area contributed by atoms with Crippen molar-refractivity contribution in [1.29, 1.82) is 5.26 Å². The highest BCUT2D eigenvalue weighted by Gasteiger charge is 2.17. The number of non-ortho nitro benzene ring substituents is 1. The van der Waals surface area contributed by atoms with Crippen LogP contribution in [0.4, 0.5) is 15.8 Å². The molecule has 0 fully saturated rings. The van der Waals surface area contributed by atoms with Gasteiger partial charge in [0.1, 0.15) is 11.9 Å². The zero-order valence-electron chi connectivity index (χ0n) is 14.1. The molecule has 0 bridgehead atoms. The molecular formula is C18H17FN4O3. The number of nitrogens with zero attached hydrogens (tertiary/aromatic N) is 3. The molecule has 0 aliphatic rings. The van der Waals surface area contributed by atoms with E-state index < -0.39 is 4.92 Å². The first-order chi connectivity index (χ1) is 12.4. The Hall–Kier alpha value is -3.47. The third-order valence-electron chi connectivity index (χ3n) is 3.77. The minimum Gasteiger partial charge on any atom is -0.361 e. The van der Waals surface area contributed by atoms with Crippen molar-refractivity contribution in [3.05, 3.63) is 69.5 Å². The molecule has 0 aliphatic heterocycles. The van der Waals surface area contributed by atoms with E-state index in [4.69, 9.17) is 0 Å². The fourth-order valence-corrected chi connectivity index (χ4v) is 2.40. The zero-order chi connectivity index (χ0) is 19.1. The van der Waals surface area contributed by atoms with E-state index in [2.05, 4.69) is 5.32 Å². The largest absolute Gasteiger partial charge is 0.361 e. The van der Waals surface area contributed by atoms with Crippen LogP contribution in [0.5, 0.6) is 0 Å². The molecule has 0 spiro atoms. The summed E-state index contributed by atoms with van der Waals surface area (Å²) in [5.74, 6) is -0.627. The van der Waals surface area contributed by atoms with Crippen LogP contribution < -0.4 is 10.2 Å². The minimum atomic E-state index is -0.573. The van der Waals surface area contributed by atoms with E-state index in [-0.39, 0.29) is 36.1 Å². The number of likely N-dealkylation sites (N-methyl/N-ethyl adjacent to an activating group) is 1. The maximum absolute atomic E-state index is 12.9. The quantitative estimate of drug-likeness (QED) is 0.607. The van der Waals surface area contributed by atoms with Crippen LogP contribution in [0.2, 0.25) is 0 Å². The summed E-state index contributed by atoms with van der Waals surface area (Å²) >= 11 is 0. The van der Waals surface area contributed by atoms with Crippen LogP contribution >= 0.6 is 0 Å². The van der Waals surface area contributed by atoms with Crippen molar-refractivity contribution in [1.82, 2.24) is 5.32 Å². The normalized spacial score (nSPS) is 10.0. The number of anilines is 1. The maximum Gasteiger partial charge on any atom is 0.270 e. The Bertz CT molecular complexity index is 847. The number of hydrogen-bond donors (Lipinski definition) is 1. The van der Waals surface area contributed by atoms with Crippen molar-refractivity contribution >= 4 is 17.3 Å². The standard InChI is InChI=1S/C18H17FN4O3/c1-2-22(17-8-7-16(23(25)26)9-14(17)10-20)12-18(24)21-11-13-3-5-15(19)6-4-13/h3-9H,2,11-12H2,1H3,(H,21,24). The number of amides is 1. The van der Waals surface area contributed by atoms with Crippen LogP contribution in [-0.2, 0) is 11.3 Å². The number of carbonyl (C=O) groups excluding carboxylic acids is 1. The van der Waals surface area contributed by atoms with Crippen LogP contribution in [0.25, 0.3) is 0 Å². The highest BCUT2D eigenvalue weighted by atomic mass is 19.1. The lowest BCUT2D eigenvalue weighted by Gasteiger charge is -2.23. The van der Waals surface area contributed by atoms with Crippen LogP contribution in [0.15, 0.2) is 42.5 Å². The van der Waals surface area contributed by atoms with Gasteiger partial charge < -0.3 is 10.2 Å². The predicted molar refractivity (Wildman–Crippen MR) is 93.9 cm³/mol.